The lowest BCUT2D eigenvalue weighted by atomic mass is 10.0. The maximum atomic E-state index is 12.9. The SMILES string of the molecule is CCCCCCCCCCCCCCCCCC(=O)Nc1ccc(C(=O)Nc2cc(C(=O)O)ccc2OCCCC(=O)O)cc1. The van der Waals surface area contributed by atoms with Gasteiger partial charge in [-0.25, -0.2) is 4.79 Å². The minimum atomic E-state index is -1.16. The number of carboxylic acid groups (broad SMARTS) is 2. The molecule has 2 aromatic carbocycles. The van der Waals surface area contributed by atoms with Gasteiger partial charge in [0.2, 0.25) is 5.91 Å². The van der Waals surface area contributed by atoms with Crippen LogP contribution in [0.15, 0.2) is 42.5 Å². The lowest BCUT2D eigenvalue weighted by Crippen LogP contribution is -2.15. The van der Waals surface area contributed by atoms with Crippen molar-refractivity contribution in [2.45, 2.75) is 122 Å². The number of rotatable bonds is 25. The number of aromatic carboxylic acids is 1. The Hall–Kier alpha value is -3.88. The van der Waals surface area contributed by atoms with Crippen LogP contribution < -0.4 is 15.4 Å². The molecule has 0 unspecified atom stereocenters. The molecule has 2 amide bonds. The smallest absolute Gasteiger partial charge is 0.335 e. The van der Waals surface area contributed by atoms with Crippen molar-refractivity contribution in [1.29, 1.82) is 0 Å². The first kappa shape index (κ1) is 37.3. The van der Waals surface area contributed by atoms with E-state index in [2.05, 4.69) is 17.6 Å². The largest absolute Gasteiger partial charge is 0.491 e. The summed E-state index contributed by atoms with van der Waals surface area (Å²) in [6, 6.07) is 10.5. The van der Waals surface area contributed by atoms with E-state index in [1.807, 2.05) is 0 Å². The van der Waals surface area contributed by atoms with Crippen LogP contribution in [0.4, 0.5) is 11.4 Å². The van der Waals surface area contributed by atoms with Crippen LogP contribution in [0.5, 0.6) is 5.75 Å². The summed E-state index contributed by atoms with van der Waals surface area (Å²) in [6.07, 6.45) is 19.8. The highest BCUT2D eigenvalue weighted by Crippen LogP contribution is 2.27. The normalized spacial score (nSPS) is 10.8. The molecule has 0 saturated carbocycles. The van der Waals surface area contributed by atoms with Crippen LogP contribution in [0.1, 0.15) is 143 Å². The number of hydrogen-bond donors (Lipinski definition) is 4. The average molecular weight is 625 g/mol. The zero-order chi connectivity index (χ0) is 32.7. The number of anilines is 2. The van der Waals surface area contributed by atoms with Crippen molar-refractivity contribution in [2.24, 2.45) is 0 Å². The van der Waals surface area contributed by atoms with E-state index >= 15 is 0 Å². The maximum absolute atomic E-state index is 12.9. The van der Waals surface area contributed by atoms with Gasteiger partial charge in [-0.1, -0.05) is 96.8 Å². The first-order chi connectivity index (χ1) is 21.8. The monoisotopic (exact) mass is 624 g/mol. The van der Waals surface area contributed by atoms with Gasteiger partial charge in [0.1, 0.15) is 5.75 Å². The van der Waals surface area contributed by atoms with Crippen LogP contribution in [-0.4, -0.2) is 40.6 Å². The third-order valence-electron chi connectivity index (χ3n) is 7.71. The van der Waals surface area contributed by atoms with Crippen molar-refractivity contribution >= 4 is 35.1 Å². The van der Waals surface area contributed by atoms with Crippen LogP contribution in [0.2, 0.25) is 0 Å². The van der Waals surface area contributed by atoms with Gasteiger partial charge in [0.05, 0.1) is 17.9 Å². The van der Waals surface area contributed by atoms with Gasteiger partial charge in [-0.05, 0) is 55.3 Å². The number of aliphatic carboxylic acids is 1. The van der Waals surface area contributed by atoms with Crippen molar-refractivity contribution < 1.29 is 34.1 Å². The molecule has 0 fully saturated rings. The quantitative estimate of drug-likeness (QED) is 0.0807. The predicted octanol–water partition coefficient (Wildman–Crippen LogP) is 9.08. The fourth-order valence-electron chi connectivity index (χ4n) is 5.07. The highest BCUT2D eigenvalue weighted by atomic mass is 16.5. The number of benzene rings is 2. The molecule has 45 heavy (non-hydrogen) atoms. The van der Waals surface area contributed by atoms with Crippen molar-refractivity contribution in [2.75, 3.05) is 17.2 Å². The number of carbonyl (C=O) groups excluding carboxylic acids is 2. The molecule has 4 N–H and O–H groups in total. The van der Waals surface area contributed by atoms with E-state index in [1.165, 1.54) is 95.2 Å². The molecule has 9 heteroatoms. The third kappa shape index (κ3) is 16.7. The second-order valence-corrected chi connectivity index (χ2v) is 11.6. The molecule has 0 aliphatic rings. The number of amides is 2. The summed E-state index contributed by atoms with van der Waals surface area (Å²) in [7, 11) is 0. The Bertz CT molecular complexity index is 1180. The number of unbranched alkanes of at least 4 members (excludes halogenated alkanes) is 14. The van der Waals surface area contributed by atoms with Crippen LogP contribution in [0.25, 0.3) is 0 Å². The summed E-state index contributed by atoms with van der Waals surface area (Å²) in [6.45, 7) is 2.35. The molecule has 0 aromatic heterocycles. The van der Waals surface area contributed by atoms with Gasteiger partial charge in [0, 0.05) is 24.1 Å². The topological polar surface area (TPSA) is 142 Å². The number of carboxylic acids is 2. The van der Waals surface area contributed by atoms with Gasteiger partial charge in [0.25, 0.3) is 5.91 Å². The summed E-state index contributed by atoms with van der Waals surface area (Å²) in [5.74, 6) is -2.41. The Labute approximate surface area is 268 Å². The molecule has 248 valence electrons. The standard InChI is InChI=1S/C36H52N2O7/c1-2-3-4-5-6-7-8-9-10-11-12-13-14-15-16-18-33(39)37-30-23-20-28(21-24-30)35(42)38-31-27-29(36(43)44)22-25-32(31)45-26-17-19-34(40)41/h20-25,27H,2-19,26H2,1H3,(H,37,39)(H,38,42)(H,40,41)(H,43,44). The summed E-state index contributed by atoms with van der Waals surface area (Å²) < 4.78 is 5.60. The first-order valence-corrected chi connectivity index (χ1v) is 16.7. The van der Waals surface area contributed by atoms with Crippen molar-refractivity contribution in [1.82, 2.24) is 0 Å². The zero-order valence-corrected chi connectivity index (χ0v) is 26.9. The second-order valence-electron chi connectivity index (χ2n) is 11.6. The van der Waals surface area contributed by atoms with Crippen LogP contribution in [0, 0.1) is 0 Å². The van der Waals surface area contributed by atoms with Gasteiger partial charge in [-0.3, -0.25) is 14.4 Å². The van der Waals surface area contributed by atoms with Gasteiger partial charge in [-0.2, -0.15) is 0 Å². The molecule has 0 saturated heterocycles. The fraction of sp³-hybridized carbons (Fsp3) is 0.556. The molecule has 0 bridgehead atoms. The Kier molecular flexibility index (Phi) is 18.7. The van der Waals surface area contributed by atoms with E-state index in [9.17, 15) is 24.3 Å². The minimum absolute atomic E-state index is 0.0321. The Morgan fingerprint density at radius 1 is 0.622 bits per heavy atom. The summed E-state index contributed by atoms with van der Waals surface area (Å²) in [5.41, 5.74) is 1.03. The second kappa shape index (κ2) is 22.6. The third-order valence-corrected chi connectivity index (χ3v) is 7.71. The highest BCUT2D eigenvalue weighted by Gasteiger charge is 2.14. The van der Waals surface area contributed by atoms with Crippen molar-refractivity contribution in [3.63, 3.8) is 0 Å². The van der Waals surface area contributed by atoms with E-state index in [0.29, 0.717) is 17.7 Å². The Morgan fingerprint density at radius 3 is 1.69 bits per heavy atom. The minimum Gasteiger partial charge on any atom is -0.491 e. The van der Waals surface area contributed by atoms with E-state index in [4.69, 9.17) is 9.84 Å². The number of hydrogen-bond acceptors (Lipinski definition) is 5. The molecule has 0 radical (unpaired) electrons. The van der Waals surface area contributed by atoms with E-state index in [0.717, 1.165) is 19.3 Å². The number of ether oxygens (including phenoxy) is 1. The lowest BCUT2D eigenvalue weighted by Gasteiger charge is -2.13. The molecule has 0 heterocycles. The zero-order valence-electron chi connectivity index (χ0n) is 26.9. The first-order valence-electron chi connectivity index (χ1n) is 16.7. The summed E-state index contributed by atoms with van der Waals surface area (Å²) in [4.78, 5) is 47.4. The van der Waals surface area contributed by atoms with Crippen molar-refractivity contribution in [3.8, 4) is 5.75 Å². The lowest BCUT2D eigenvalue weighted by molar-refractivity contribution is -0.137. The summed E-state index contributed by atoms with van der Waals surface area (Å²) >= 11 is 0. The van der Waals surface area contributed by atoms with E-state index in [1.54, 1.807) is 24.3 Å². The Balaban J connectivity index is 1.66. The van der Waals surface area contributed by atoms with Gasteiger partial charge < -0.3 is 25.6 Å². The maximum Gasteiger partial charge on any atom is 0.335 e. The van der Waals surface area contributed by atoms with Crippen LogP contribution in [-0.2, 0) is 9.59 Å². The van der Waals surface area contributed by atoms with Crippen molar-refractivity contribution in [3.05, 3.63) is 53.6 Å². The molecule has 2 aromatic rings. The molecular formula is C36H52N2O7. The number of carbonyl (C=O) groups is 4. The summed E-state index contributed by atoms with van der Waals surface area (Å²) in [5, 5.41) is 23.7. The molecular weight excluding hydrogens is 572 g/mol. The molecule has 0 aliphatic carbocycles. The van der Waals surface area contributed by atoms with Gasteiger partial charge in [-0.15, -0.1) is 0 Å². The molecule has 0 atom stereocenters. The molecule has 2 rings (SSSR count). The van der Waals surface area contributed by atoms with E-state index < -0.39 is 17.8 Å². The van der Waals surface area contributed by atoms with Gasteiger partial charge >= 0.3 is 11.9 Å². The fourth-order valence-corrected chi connectivity index (χ4v) is 5.07. The Morgan fingerprint density at radius 2 is 1.16 bits per heavy atom. The molecule has 0 spiro atoms. The molecule has 9 nitrogen and oxygen atoms in total. The average Bonchev–Trinajstić information content (AvgIpc) is 3.01. The van der Waals surface area contributed by atoms with Gasteiger partial charge in [0.15, 0.2) is 0 Å². The highest BCUT2D eigenvalue weighted by molar-refractivity contribution is 6.06. The van der Waals surface area contributed by atoms with Crippen LogP contribution in [0.3, 0.4) is 0 Å². The van der Waals surface area contributed by atoms with Crippen LogP contribution >= 0.6 is 0 Å². The number of nitrogens with one attached hydrogen (secondary N) is 2. The predicted molar refractivity (Wildman–Crippen MR) is 178 cm³/mol. The van der Waals surface area contributed by atoms with E-state index in [-0.39, 0.29) is 42.4 Å². The molecule has 0 aliphatic heterocycles.